The van der Waals surface area contributed by atoms with Gasteiger partial charge in [0.15, 0.2) is 0 Å². The summed E-state index contributed by atoms with van der Waals surface area (Å²) in [4.78, 5) is 12.5. The summed E-state index contributed by atoms with van der Waals surface area (Å²) in [6.45, 7) is 1.83. The van der Waals surface area contributed by atoms with E-state index in [0.717, 1.165) is 4.88 Å². The van der Waals surface area contributed by atoms with Gasteiger partial charge in [-0.05, 0) is 24.8 Å². The van der Waals surface area contributed by atoms with Crippen molar-refractivity contribution in [1.82, 2.24) is 5.32 Å². The lowest BCUT2D eigenvalue weighted by Gasteiger charge is -2.22. The molecule has 1 amide bonds. The van der Waals surface area contributed by atoms with Crippen LogP contribution in [-0.2, 0) is 10.4 Å². The summed E-state index contributed by atoms with van der Waals surface area (Å²) in [5, 5.41) is 14.7. The summed E-state index contributed by atoms with van der Waals surface area (Å²) in [5.41, 5.74) is -1.06. The Morgan fingerprint density at radius 1 is 1.76 bits per heavy atom. The average Bonchev–Trinajstić information content (AvgIpc) is 2.73. The normalized spacial score (nSPS) is 25.1. The van der Waals surface area contributed by atoms with Crippen molar-refractivity contribution < 1.29 is 9.90 Å². The van der Waals surface area contributed by atoms with E-state index in [9.17, 15) is 9.90 Å². The van der Waals surface area contributed by atoms with Crippen LogP contribution in [0.4, 0.5) is 0 Å². The number of hydrogen-bond acceptors (Lipinski definition) is 3. The molecule has 0 aromatic carbocycles. The van der Waals surface area contributed by atoms with E-state index in [1.165, 1.54) is 11.3 Å². The van der Waals surface area contributed by atoms with Crippen LogP contribution >= 0.6 is 34.5 Å². The standard InChI is InChI=1S/C11H13Cl2NO2S/c1-10(16,8-3-2-4-17-8)6-14-9(15)7-5-11(7,12)13/h2-4,7,16H,5-6H2,1H3,(H,14,15)/t7-,10-/m0/s1. The lowest BCUT2D eigenvalue weighted by atomic mass is 10.1. The summed E-state index contributed by atoms with van der Waals surface area (Å²) in [7, 11) is 0. The number of carbonyl (C=O) groups excluding carboxylic acids is 1. The molecule has 6 heteroatoms. The fourth-order valence-corrected chi connectivity index (χ4v) is 2.85. The number of carbonyl (C=O) groups is 1. The van der Waals surface area contributed by atoms with Crippen molar-refractivity contribution >= 4 is 40.4 Å². The SMILES string of the molecule is C[C@](O)(CNC(=O)[C@@H]1CC1(Cl)Cl)c1cccs1. The van der Waals surface area contributed by atoms with Gasteiger partial charge in [0.2, 0.25) is 5.91 Å². The first-order valence-electron chi connectivity index (χ1n) is 5.25. The summed E-state index contributed by atoms with van der Waals surface area (Å²) < 4.78 is -0.918. The largest absolute Gasteiger partial charge is 0.383 e. The third-order valence-electron chi connectivity index (χ3n) is 2.80. The van der Waals surface area contributed by atoms with Gasteiger partial charge in [0.05, 0.1) is 12.5 Å². The van der Waals surface area contributed by atoms with Crippen LogP contribution in [0.2, 0.25) is 0 Å². The van der Waals surface area contributed by atoms with E-state index in [1.807, 2.05) is 17.5 Å². The van der Waals surface area contributed by atoms with E-state index in [-0.39, 0.29) is 18.4 Å². The molecule has 0 saturated heterocycles. The zero-order valence-corrected chi connectivity index (χ0v) is 11.6. The van der Waals surface area contributed by atoms with Crippen LogP contribution in [-0.4, -0.2) is 21.9 Å². The molecule has 1 aliphatic rings. The van der Waals surface area contributed by atoms with Crippen LogP contribution in [0.15, 0.2) is 17.5 Å². The number of alkyl halides is 2. The molecule has 3 nitrogen and oxygen atoms in total. The minimum Gasteiger partial charge on any atom is -0.383 e. The third-order valence-corrected chi connectivity index (χ3v) is 4.76. The Balaban J connectivity index is 1.88. The second kappa shape index (κ2) is 4.43. The molecule has 0 aliphatic heterocycles. The molecule has 2 rings (SSSR count). The van der Waals surface area contributed by atoms with Crippen molar-refractivity contribution in [1.29, 1.82) is 0 Å². The highest BCUT2D eigenvalue weighted by molar-refractivity contribution is 7.10. The molecule has 17 heavy (non-hydrogen) atoms. The van der Waals surface area contributed by atoms with Gasteiger partial charge in [0, 0.05) is 4.88 Å². The second-order valence-corrected chi connectivity index (χ2v) is 6.98. The van der Waals surface area contributed by atoms with Crippen LogP contribution in [0.5, 0.6) is 0 Å². The predicted molar refractivity (Wildman–Crippen MR) is 69.4 cm³/mol. The van der Waals surface area contributed by atoms with Gasteiger partial charge in [-0.1, -0.05) is 6.07 Å². The maximum atomic E-state index is 11.6. The Kier molecular flexibility index (Phi) is 3.42. The van der Waals surface area contributed by atoms with Gasteiger partial charge in [0.25, 0.3) is 0 Å². The summed E-state index contributed by atoms with van der Waals surface area (Å²) in [6.07, 6.45) is 0.475. The minimum atomic E-state index is -1.06. The highest BCUT2D eigenvalue weighted by Crippen LogP contribution is 2.53. The van der Waals surface area contributed by atoms with Crippen LogP contribution in [0, 0.1) is 5.92 Å². The number of aliphatic hydroxyl groups is 1. The number of halogens is 2. The summed E-state index contributed by atoms with van der Waals surface area (Å²) in [5.74, 6) is -0.559. The maximum absolute atomic E-state index is 11.6. The number of amides is 1. The fourth-order valence-electron chi connectivity index (χ4n) is 1.55. The van der Waals surface area contributed by atoms with Crippen LogP contribution < -0.4 is 5.32 Å². The molecule has 94 valence electrons. The molecule has 1 aliphatic carbocycles. The first kappa shape index (κ1) is 13.1. The van der Waals surface area contributed by atoms with E-state index in [2.05, 4.69) is 5.32 Å². The predicted octanol–water partition coefficient (Wildman–Crippen LogP) is 2.27. The van der Waals surface area contributed by atoms with Crippen molar-refractivity contribution in [2.45, 2.75) is 23.3 Å². The van der Waals surface area contributed by atoms with Crippen molar-refractivity contribution in [3.8, 4) is 0 Å². The molecule has 2 N–H and O–H groups in total. The van der Waals surface area contributed by atoms with Crippen LogP contribution in [0.3, 0.4) is 0 Å². The molecule has 1 fully saturated rings. The monoisotopic (exact) mass is 293 g/mol. The van der Waals surface area contributed by atoms with Gasteiger partial charge in [-0.15, -0.1) is 34.5 Å². The van der Waals surface area contributed by atoms with Crippen molar-refractivity contribution in [2.24, 2.45) is 5.92 Å². The topological polar surface area (TPSA) is 49.3 Å². The molecule has 2 atom stereocenters. The molecule has 1 saturated carbocycles. The molecule has 1 heterocycles. The molecule has 0 spiro atoms. The summed E-state index contributed by atoms with van der Waals surface area (Å²) >= 11 is 13.0. The second-order valence-electron chi connectivity index (χ2n) is 4.49. The Morgan fingerprint density at radius 2 is 2.41 bits per heavy atom. The first-order chi connectivity index (χ1) is 7.83. The molecule has 0 unspecified atom stereocenters. The van der Waals surface area contributed by atoms with Crippen LogP contribution in [0.25, 0.3) is 0 Å². The molecular weight excluding hydrogens is 281 g/mol. The first-order valence-corrected chi connectivity index (χ1v) is 6.88. The van der Waals surface area contributed by atoms with E-state index >= 15 is 0 Å². The third kappa shape index (κ3) is 2.94. The van der Waals surface area contributed by atoms with E-state index in [1.54, 1.807) is 6.92 Å². The molecule has 0 bridgehead atoms. The lowest BCUT2D eigenvalue weighted by Crippen LogP contribution is -2.39. The molecule has 0 radical (unpaired) electrons. The fraction of sp³-hybridized carbons (Fsp3) is 0.545. The quantitative estimate of drug-likeness (QED) is 0.837. The van der Waals surface area contributed by atoms with Crippen molar-refractivity contribution in [3.63, 3.8) is 0 Å². The molecule has 1 aromatic rings. The zero-order chi connectivity index (χ0) is 12.7. The summed E-state index contributed by atoms with van der Waals surface area (Å²) in [6, 6.07) is 3.70. The van der Waals surface area contributed by atoms with Gasteiger partial charge in [-0.3, -0.25) is 4.79 Å². The van der Waals surface area contributed by atoms with Gasteiger partial charge in [-0.2, -0.15) is 0 Å². The molecular formula is C11H13Cl2NO2S. The van der Waals surface area contributed by atoms with E-state index in [4.69, 9.17) is 23.2 Å². The van der Waals surface area contributed by atoms with Crippen LogP contribution in [0.1, 0.15) is 18.2 Å². The Hall–Kier alpha value is -0.290. The maximum Gasteiger partial charge on any atom is 0.226 e. The number of rotatable bonds is 4. The minimum absolute atomic E-state index is 0.159. The van der Waals surface area contributed by atoms with Crippen molar-refractivity contribution in [3.05, 3.63) is 22.4 Å². The van der Waals surface area contributed by atoms with Gasteiger partial charge < -0.3 is 10.4 Å². The average molecular weight is 294 g/mol. The van der Waals surface area contributed by atoms with E-state index in [0.29, 0.717) is 6.42 Å². The number of nitrogens with one attached hydrogen (secondary N) is 1. The van der Waals surface area contributed by atoms with Gasteiger partial charge >= 0.3 is 0 Å². The van der Waals surface area contributed by atoms with Gasteiger partial charge in [-0.25, -0.2) is 0 Å². The van der Waals surface area contributed by atoms with Crippen molar-refractivity contribution in [2.75, 3.05) is 6.54 Å². The van der Waals surface area contributed by atoms with Gasteiger partial charge in [0.1, 0.15) is 9.93 Å². The number of thiophene rings is 1. The lowest BCUT2D eigenvalue weighted by molar-refractivity contribution is -0.123. The van der Waals surface area contributed by atoms with E-state index < -0.39 is 9.93 Å². The number of hydrogen-bond donors (Lipinski definition) is 2. The Bertz CT molecular complexity index is 417. The highest BCUT2D eigenvalue weighted by Gasteiger charge is 2.56. The zero-order valence-electron chi connectivity index (χ0n) is 9.24. The molecule has 1 aromatic heterocycles. The smallest absolute Gasteiger partial charge is 0.226 e. The Morgan fingerprint density at radius 3 is 2.88 bits per heavy atom. The Labute approximate surface area is 114 Å². The highest BCUT2D eigenvalue weighted by atomic mass is 35.5.